The van der Waals surface area contributed by atoms with Gasteiger partial charge in [0.25, 0.3) is 0 Å². The van der Waals surface area contributed by atoms with Crippen molar-refractivity contribution in [2.45, 2.75) is 0 Å². The van der Waals surface area contributed by atoms with Gasteiger partial charge in [0.2, 0.25) is 0 Å². The van der Waals surface area contributed by atoms with E-state index in [0.29, 0.717) is 17.5 Å². The van der Waals surface area contributed by atoms with Crippen molar-refractivity contribution < 1.29 is 0 Å². The first-order valence-electron chi connectivity index (χ1n) is 19.2. The molecule has 11 rings (SSSR count). The summed E-state index contributed by atoms with van der Waals surface area (Å²) in [4.78, 5) is 28.5. The van der Waals surface area contributed by atoms with Crippen LogP contribution in [0.3, 0.4) is 0 Å². The van der Waals surface area contributed by atoms with E-state index in [1.807, 2.05) is 30.3 Å². The summed E-state index contributed by atoms with van der Waals surface area (Å²) in [6.07, 6.45) is 7.01. The average Bonchev–Trinajstić information content (AvgIpc) is 3.31. The molecule has 0 bridgehead atoms. The first-order chi connectivity index (χ1) is 28.7. The van der Waals surface area contributed by atoms with Crippen molar-refractivity contribution in [1.29, 1.82) is 0 Å². The van der Waals surface area contributed by atoms with E-state index in [2.05, 4.69) is 149 Å². The van der Waals surface area contributed by atoms with Gasteiger partial charge in [-0.2, -0.15) is 0 Å². The van der Waals surface area contributed by atoms with Crippen LogP contribution in [0.15, 0.2) is 195 Å². The summed E-state index contributed by atoms with van der Waals surface area (Å²) in [5, 5.41) is 8.33. The standard InChI is InChI=1S/C52H32N6/c1-2-10-37-29-39(23-20-33(37)9-1)49-46-31-45(42-14-3-4-15-43(42)48(46)44-16-5-6-17-47(44)55-49)35-21-18-34(19-22-35)38-11-7-12-40(30-38)51-56-50(36-24-27-53-28-25-36)57-52(58-51)41-13-8-26-54-32-41/h1-32H. The molecule has 0 N–H and O–H groups in total. The SMILES string of the molecule is c1cncc(-c2nc(-c3ccncc3)nc(-c3cccc(-c4ccc(-c5cc6c(-c7ccc8ccccc8c7)nc7ccccc7c6c6ccccc56)cc4)c3)n2)c1. The third-order valence-corrected chi connectivity index (χ3v) is 10.9. The van der Waals surface area contributed by atoms with Gasteiger partial charge in [0.1, 0.15) is 0 Å². The molecule has 11 aromatic rings. The van der Waals surface area contributed by atoms with E-state index in [9.17, 15) is 0 Å². The lowest BCUT2D eigenvalue weighted by atomic mass is 9.89. The van der Waals surface area contributed by atoms with Crippen LogP contribution in [0.25, 0.3) is 111 Å². The van der Waals surface area contributed by atoms with Crippen LogP contribution in [-0.4, -0.2) is 29.9 Å². The molecular weight excluding hydrogens is 709 g/mol. The van der Waals surface area contributed by atoms with Crippen molar-refractivity contribution >= 4 is 43.2 Å². The Bertz CT molecular complexity index is 3270. The van der Waals surface area contributed by atoms with Crippen molar-refractivity contribution in [3.63, 3.8) is 0 Å². The van der Waals surface area contributed by atoms with E-state index < -0.39 is 0 Å². The maximum atomic E-state index is 5.33. The summed E-state index contributed by atoms with van der Waals surface area (Å²) in [6, 6.07) is 59.7. The number of benzene rings is 7. The minimum absolute atomic E-state index is 0.564. The molecule has 270 valence electrons. The fraction of sp³-hybridized carbons (Fsp3) is 0. The minimum Gasteiger partial charge on any atom is -0.265 e. The van der Waals surface area contributed by atoms with Gasteiger partial charge in [0.05, 0.1) is 11.2 Å². The Morgan fingerprint density at radius 3 is 1.78 bits per heavy atom. The lowest BCUT2D eigenvalue weighted by Gasteiger charge is -2.16. The number of pyridine rings is 3. The molecule has 6 heteroatoms. The van der Waals surface area contributed by atoms with E-state index in [1.165, 1.54) is 32.5 Å². The number of hydrogen-bond donors (Lipinski definition) is 0. The Morgan fingerprint density at radius 1 is 0.310 bits per heavy atom. The first-order valence-corrected chi connectivity index (χ1v) is 19.2. The zero-order valence-electron chi connectivity index (χ0n) is 31.2. The third kappa shape index (κ3) is 5.92. The number of hydrogen-bond acceptors (Lipinski definition) is 6. The van der Waals surface area contributed by atoms with E-state index in [-0.39, 0.29) is 0 Å². The molecule has 4 aromatic heterocycles. The average molecular weight is 741 g/mol. The molecule has 0 fully saturated rings. The smallest absolute Gasteiger partial charge is 0.165 e. The summed E-state index contributed by atoms with van der Waals surface area (Å²) >= 11 is 0. The Kier molecular flexibility index (Phi) is 8.04. The fourth-order valence-electron chi connectivity index (χ4n) is 8.05. The molecular formula is C52H32N6. The molecule has 0 aliphatic heterocycles. The highest BCUT2D eigenvalue weighted by molar-refractivity contribution is 6.25. The Morgan fingerprint density at radius 2 is 0.966 bits per heavy atom. The molecule has 7 aromatic carbocycles. The number of rotatable bonds is 6. The van der Waals surface area contributed by atoms with Gasteiger partial charge < -0.3 is 0 Å². The predicted octanol–water partition coefficient (Wildman–Crippen LogP) is 12.7. The quantitative estimate of drug-likeness (QED) is 0.158. The largest absolute Gasteiger partial charge is 0.265 e. The second-order valence-electron chi connectivity index (χ2n) is 14.4. The number of para-hydroxylation sites is 1. The Hall–Kier alpha value is -7.96. The molecule has 0 saturated carbocycles. The van der Waals surface area contributed by atoms with E-state index in [1.54, 1.807) is 24.8 Å². The molecule has 0 unspecified atom stereocenters. The molecule has 58 heavy (non-hydrogen) atoms. The summed E-state index contributed by atoms with van der Waals surface area (Å²) < 4.78 is 0. The number of nitrogens with zero attached hydrogens (tertiary/aromatic N) is 6. The summed E-state index contributed by atoms with van der Waals surface area (Å²) in [5.41, 5.74) is 10.1. The van der Waals surface area contributed by atoms with Crippen LogP contribution in [0.5, 0.6) is 0 Å². The van der Waals surface area contributed by atoms with Crippen LogP contribution < -0.4 is 0 Å². The van der Waals surface area contributed by atoms with Gasteiger partial charge in [0.15, 0.2) is 17.5 Å². The van der Waals surface area contributed by atoms with Crippen LogP contribution in [-0.2, 0) is 0 Å². The van der Waals surface area contributed by atoms with Gasteiger partial charge in [-0.3, -0.25) is 9.97 Å². The molecule has 0 radical (unpaired) electrons. The second kappa shape index (κ2) is 14.0. The predicted molar refractivity (Wildman–Crippen MR) is 236 cm³/mol. The van der Waals surface area contributed by atoms with Gasteiger partial charge in [-0.1, -0.05) is 121 Å². The Labute approximate surface area is 334 Å². The van der Waals surface area contributed by atoms with E-state index >= 15 is 0 Å². The van der Waals surface area contributed by atoms with Gasteiger partial charge in [0, 0.05) is 63.2 Å². The Balaban J connectivity index is 1.03. The van der Waals surface area contributed by atoms with Crippen molar-refractivity contribution in [2.24, 2.45) is 0 Å². The number of fused-ring (bicyclic) bond motifs is 6. The van der Waals surface area contributed by atoms with Crippen LogP contribution in [0.2, 0.25) is 0 Å². The molecule has 0 atom stereocenters. The minimum atomic E-state index is 0.564. The maximum absolute atomic E-state index is 5.33. The van der Waals surface area contributed by atoms with Crippen LogP contribution in [0.4, 0.5) is 0 Å². The zero-order chi connectivity index (χ0) is 38.4. The normalized spacial score (nSPS) is 11.4. The van der Waals surface area contributed by atoms with Gasteiger partial charge >= 0.3 is 0 Å². The molecule has 4 heterocycles. The van der Waals surface area contributed by atoms with Crippen molar-refractivity contribution in [3.05, 3.63) is 195 Å². The van der Waals surface area contributed by atoms with Crippen LogP contribution in [0.1, 0.15) is 0 Å². The van der Waals surface area contributed by atoms with Crippen molar-refractivity contribution in [1.82, 2.24) is 29.9 Å². The monoisotopic (exact) mass is 740 g/mol. The lowest BCUT2D eigenvalue weighted by Crippen LogP contribution is -2.00. The summed E-state index contributed by atoms with van der Waals surface area (Å²) in [7, 11) is 0. The van der Waals surface area contributed by atoms with Crippen LogP contribution in [0, 0.1) is 0 Å². The molecule has 0 aliphatic carbocycles. The highest BCUT2D eigenvalue weighted by atomic mass is 15.0. The first kappa shape index (κ1) is 33.4. The molecule has 0 spiro atoms. The zero-order valence-corrected chi connectivity index (χ0v) is 31.2. The maximum Gasteiger partial charge on any atom is 0.165 e. The molecule has 0 amide bonds. The van der Waals surface area contributed by atoms with Gasteiger partial charge in [-0.25, -0.2) is 19.9 Å². The highest BCUT2D eigenvalue weighted by Gasteiger charge is 2.18. The van der Waals surface area contributed by atoms with E-state index in [0.717, 1.165) is 60.9 Å². The molecule has 6 nitrogen and oxygen atoms in total. The fourth-order valence-corrected chi connectivity index (χ4v) is 8.05. The van der Waals surface area contributed by atoms with Crippen LogP contribution >= 0.6 is 0 Å². The lowest BCUT2D eigenvalue weighted by molar-refractivity contribution is 1.07. The van der Waals surface area contributed by atoms with Crippen molar-refractivity contribution in [3.8, 4) is 67.7 Å². The molecule has 0 saturated heterocycles. The van der Waals surface area contributed by atoms with Crippen molar-refractivity contribution in [2.75, 3.05) is 0 Å². The topological polar surface area (TPSA) is 77.3 Å². The summed E-state index contributed by atoms with van der Waals surface area (Å²) in [5.74, 6) is 1.73. The number of aromatic nitrogens is 6. The van der Waals surface area contributed by atoms with Gasteiger partial charge in [-0.15, -0.1) is 0 Å². The highest BCUT2D eigenvalue weighted by Crippen LogP contribution is 2.42. The third-order valence-electron chi connectivity index (χ3n) is 10.9. The summed E-state index contributed by atoms with van der Waals surface area (Å²) in [6.45, 7) is 0. The molecule has 0 aliphatic rings. The second-order valence-corrected chi connectivity index (χ2v) is 14.4. The van der Waals surface area contributed by atoms with E-state index in [4.69, 9.17) is 19.9 Å². The van der Waals surface area contributed by atoms with Gasteiger partial charge in [-0.05, 0) is 92.3 Å².